The van der Waals surface area contributed by atoms with Gasteiger partial charge in [0.1, 0.15) is 12.4 Å². The third kappa shape index (κ3) is 2.22. The highest BCUT2D eigenvalue weighted by molar-refractivity contribution is 8.23. The van der Waals surface area contributed by atoms with Crippen molar-refractivity contribution in [1.29, 1.82) is 0 Å². The van der Waals surface area contributed by atoms with Gasteiger partial charge >= 0.3 is 18.3 Å². The number of imidazole rings is 1. The quantitative estimate of drug-likeness (QED) is 0.474. The minimum atomic E-state index is -4.25. The number of thioether (sulfide) groups is 1. The van der Waals surface area contributed by atoms with E-state index in [1.54, 1.807) is 6.26 Å². The Kier molecular flexibility index (Phi) is 3.95. The molecule has 0 radical (unpaired) electrons. The molecule has 0 bridgehead atoms. The average Bonchev–Trinajstić information content (AvgIpc) is 2.59. The Morgan fingerprint density at radius 2 is 2.12 bits per heavy atom. The van der Waals surface area contributed by atoms with Gasteiger partial charge in [-0.1, -0.05) is 12.2 Å². The summed E-state index contributed by atoms with van der Waals surface area (Å²) in [4.78, 5) is 0. The van der Waals surface area contributed by atoms with Gasteiger partial charge in [-0.25, -0.2) is 4.57 Å². The third-order valence-electron chi connectivity index (χ3n) is 1.95. The Morgan fingerprint density at radius 3 is 2.56 bits per heavy atom. The number of hydrogen-bond donors (Lipinski definition) is 0. The van der Waals surface area contributed by atoms with Crippen LogP contribution in [0.3, 0.4) is 0 Å². The van der Waals surface area contributed by atoms with E-state index in [9.17, 15) is 17.6 Å². The largest absolute Gasteiger partial charge is 0.459 e. The van der Waals surface area contributed by atoms with E-state index in [1.807, 2.05) is 0 Å². The van der Waals surface area contributed by atoms with Gasteiger partial charge in [-0.3, -0.25) is 0 Å². The zero-order valence-electron chi connectivity index (χ0n) is 8.45. The SMILES string of the molecule is CSC(=S)c1n(C(F)(F)C(F)F)cc[n+]1C. The fraction of sp³-hybridized carbons (Fsp3) is 0.500. The van der Waals surface area contributed by atoms with Gasteiger partial charge in [0, 0.05) is 0 Å². The summed E-state index contributed by atoms with van der Waals surface area (Å²) in [6.45, 7) is 0. The van der Waals surface area contributed by atoms with Crippen molar-refractivity contribution >= 4 is 28.2 Å². The van der Waals surface area contributed by atoms with E-state index >= 15 is 0 Å². The fourth-order valence-corrected chi connectivity index (χ4v) is 1.82. The van der Waals surface area contributed by atoms with Crippen LogP contribution in [0.5, 0.6) is 0 Å². The molecule has 0 aromatic carbocycles. The topological polar surface area (TPSA) is 8.81 Å². The van der Waals surface area contributed by atoms with Crippen LogP contribution in [0, 0.1) is 0 Å². The molecule has 0 unspecified atom stereocenters. The van der Waals surface area contributed by atoms with Gasteiger partial charge in [0.25, 0.3) is 0 Å². The van der Waals surface area contributed by atoms with Crippen molar-refractivity contribution in [3.8, 4) is 0 Å². The molecule has 0 spiro atoms. The van der Waals surface area contributed by atoms with Crippen LogP contribution in [-0.2, 0) is 13.1 Å². The van der Waals surface area contributed by atoms with Crippen molar-refractivity contribution in [2.45, 2.75) is 12.5 Å². The predicted octanol–water partition coefficient (Wildman–Crippen LogP) is 2.17. The average molecular weight is 273 g/mol. The maximum Gasteiger partial charge on any atom is 0.459 e. The van der Waals surface area contributed by atoms with Crippen molar-refractivity contribution in [2.75, 3.05) is 6.26 Å². The van der Waals surface area contributed by atoms with Crippen LogP contribution in [0.25, 0.3) is 0 Å². The van der Waals surface area contributed by atoms with Crippen LogP contribution in [0.4, 0.5) is 17.6 Å². The molecule has 0 fully saturated rings. The number of alkyl halides is 4. The lowest BCUT2D eigenvalue weighted by molar-refractivity contribution is -0.672. The molecule has 0 aliphatic heterocycles. The molecule has 1 rings (SSSR count). The van der Waals surface area contributed by atoms with Gasteiger partial charge in [0.05, 0.1) is 7.05 Å². The first-order chi connectivity index (χ1) is 7.32. The van der Waals surface area contributed by atoms with Crippen LogP contribution < -0.4 is 4.57 Å². The van der Waals surface area contributed by atoms with Crippen molar-refractivity contribution in [1.82, 2.24) is 4.57 Å². The Balaban J connectivity index is 3.30. The first-order valence-corrected chi connectivity index (χ1v) is 5.77. The predicted molar refractivity (Wildman–Crippen MR) is 57.0 cm³/mol. The summed E-state index contributed by atoms with van der Waals surface area (Å²) < 4.78 is 52.4. The van der Waals surface area contributed by atoms with Gasteiger partial charge in [-0.05, 0) is 6.26 Å². The van der Waals surface area contributed by atoms with E-state index in [1.165, 1.54) is 17.8 Å². The molecule has 16 heavy (non-hydrogen) atoms. The second-order valence-electron chi connectivity index (χ2n) is 2.98. The minimum Gasteiger partial charge on any atom is -0.231 e. The van der Waals surface area contributed by atoms with E-state index < -0.39 is 12.5 Å². The molecule has 0 amide bonds. The third-order valence-corrected chi connectivity index (χ3v) is 3.19. The smallest absolute Gasteiger partial charge is 0.231 e. The summed E-state index contributed by atoms with van der Waals surface area (Å²) >= 11 is 5.90. The van der Waals surface area contributed by atoms with Crippen molar-refractivity contribution < 1.29 is 22.1 Å². The zero-order valence-corrected chi connectivity index (χ0v) is 10.1. The summed E-state index contributed by atoms with van der Waals surface area (Å²) in [5, 5.41) is 0. The van der Waals surface area contributed by atoms with Gasteiger partial charge in [-0.15, -0.1) is 11.8 Å². The number of halogens is 4. The summed E-state index contributed by atoms with van der Waals surface area (Å²) in [6, 6.07) is -4.25. The van der Waals surface area contributed by atoms with Gasteiger partial charge in [0.2, 0.25) is 0 Å². The lowest BCUT2D eigenvalue weighted by Gasteiger charge is -2.13. The molecule has 1 heterocycles. The number of rotatable bonds is 3. The number of thiocarbonyl (C=S) groups is 1. The summed E-state index contributed by atoms with van der Waals surface area (Å²) in [5.41, 5.74) is 0. The molecule has 0 saturated heterocycles. The maximum absolute atomic E-state index is 13.2. The van der Waals surface area contributed by atoms with Crippen LogP contribution in [0.1, 0.15) is 5.82 Å². The molecule has 1 aromatic heterocycles. The summed E-state index contributed by atoms with van der Waals surface area (Å²) in [6.07, 6.45) is -0.0264. The minimum absolute atomic E-state index is 0.104. The molecule has 2 nitrogen and oxygen atoms in total. The Labute approximate surface area is 99.2 Å². The van der Waals surface area contributed by atoms with Crippen molar-refractivity contribution in [3.05, 3.63) is 18.2 Å². The highest BCUT2D eigenvalue weighted by Gasteiger charge is 2.50. The monoisotopic (exact) mass is 273 g/mol. The van der Waals surface area contributed by atoms with E-state index in [-0.39, 0.29) is 14.6 Å². The molecule has 0 N–H and O–H groups in total. The number of aromatic nitrogens is 2. The molecule has 0 aliphatic rings. The molecule has 0 atom stereocenters. The van der Waals surface area contributed by atoms with E-state index in [4.69, 9.17) is 12.2 Å². The lowest BCUT2D eigenvalue weighted by Crippen LogP contribution is -2.40. The normalized spacial score (nSPS) is 12.2. The summed E-state index contributed by atoms with van der Waals surface area (Å²) in [5.74, 6) is -0.104. The van der Waals surface area contributed by atoms with E-state index in [0.29, 0.717) is 0 Å². The summed E-state index contributed by atoms with van der Waals surface area (Å²) in [7, 11) is 1.47. The number of hydrogen-bond acceptors (Lipinski definition) is 2. The number of aryl methyl sites for hydroxylation is 1. The van der Waals surface area contributed by atoms with E-state index in [2.05, 4.69) is 0 Å². The van der Waals surface area contributed by atoms with Gasteiger partial charge < -0.3 is 0 Å². The Morgan fingerprint density at radius 1 is 1.56 bits per heavy atom. The Bertz CT molecular complexity index is 403. The van der Waals surface area contributed by atoms with Crippen LogP contribution >= 0.6 is 24.0 Å². The molecular formula is C8H9F4N2S2+. The standard InChI is InChI=1S/C8H9F4N2S2/c1-13-3-4-14(5(13)6(15)16-2)8(11,12)7(9)10/h3-4,7H,1-2H3/q+1. The Hall–Kier alpha value is -0.630. The first-order valence-electron chi connectivity index (χ1n) is 4.14. The fourth-order valence-electron chi connectivity index (χ4n) is 1.16. The highest BCUT2D eigenvalue weighted by Crippen LogP contribution is 2.30. The highest BCUT2D eigenvalue weighted by atomic mass is 32.2. The first kappa shape index (κ1) is 13.4. The van der Waals surface area contributed by atoms with Crippen molar-refractivity contribution in [2.24, 2.45) is 7.05 Å². The van der Waals surface area contributed by atoms with E-state index in [0.717, 1.165) is 18.0 Å². The molecule has 0 aliphatic carbocycles. The van der Waals surface area contributed by atoms with Gasteiger partial charge in [0.15, 0.2) is 4.20 Å². The molecule has 1 aromatic rings. The van der Waals surface area contributed by atoms with Gasteiger partial charge in [-0.2, -0.15) is 22.1 Å². The molecule has 8 heteroatoms. The lowest BCUT2D eigenvalue weighted by atomic mass is 10.5. The van der Waals surface area contributed by atoms with Crippen LogP contribution in [-0.4, -0.2) is 21.4 Å². The van der Waals surface area contributed by atoms with Crippen molar-refractivity contribution in [3.63, 3.8) is 0 Å². The maximum atomic E-state index is 13.2. The molecule has 90 valence electrons. The molecule has 0 saturated carbocycles. The van der Waals surface area contributed by atoms with Crippen LogP contribution in [0.2, 0.25) is 0 Å². The molecular weight excluding hydrogens is 264 g/mol. The second kappa shape index (κ2) is 4.70. The van der Waals surface area contributed by atoms with Crippen LogP contribution in [0.15, 0.2) is 12.4 Å². The second-order valence-corrected chi connectivity index (χ2v) is 4.47. The number of nitrogens with zero attached hydrogens (tertiary/aromatic N) is 2. The zero-order chi connectivity index (χ0) is 12.5.